The molecule has 184 valence electrons. The fraction of sp³-hybridized carbons (Fsp3) is 0.522. The Morgan fingerprint density at radius 3 is 2.68 bits per heavy atom. The van der Waals surface area contributed by atoms with Crippen molar-refractivity contribution in [2.45, 2.75) is 26.0 Å². The Hall–Kier alpha value is -3.15. The second-order valence-corrected chi connectivity index (χ2v) is 8.53. The van der Waals surface area contributed by atoms with Crippen LogP contribution in [-0.4, -0.2) is 86.3 Å². The zero-order valence-electron chi connectivity index (χ0n) is 19.6. The number of aliphatic hydroxyl groups excluding tert-OH is 2. The van der Waals surface area contributed by atoms with Crippen LogP contribution < -0.4 is 20.9 Å². The molecule has 1 atom stereocenters. The van der Waals surface area contributed by atoms with E-state index in [2.05, 4.69) is 21.8 Å². The molecule has 3 aromatic rings. The number of aromatic amines is 1. The van der Waals surface area contributed by atoms with Crippen molar-refractivity contribution < 1.29 is 14.9 Å². The topological polar surface area (TPSA) is 129 Å². The molecule has 4 rings (SSSR count). The third kappa shape index (κ3) is 5.01. The predicted molar refractivity (Wildman–Crippen MR) is 129 cm³/mol. The molecule has 34 heavy (non-hydrogen) atoms. The van der Waals surface area contributed by atoms with Crippen molar-refractivity contribution in [2.75, 3.05) is 50.8 Å². The zero-order chi connectivity index (χ0) is 24.2. The van der Waals surface area contributed by atoms with Crippen LogP contribution in [0.5, 0.6) is 5.75 Å². The minimum Gasteiger partial charge on any atom is -0.491 e. The molecule has 0 radical (unpaired) electrons. The smallest absolute Gasteiger partial charge is 0.329 e. The molecule has 2 aromatic heterocycles. The summed E-state index contributed by atoms with van der Waals surface area (Å²) in [4.78, 5) is 36.0. The number of fused-ring (bicyclic) bond motifs is 1. The summed E-state index contributed by atoms with van der Waals surface area (Å²) < 4.78 is 8.78. The van der Waals surface area contributed by atoms with Gasteiger partial charge in [-0.05, 0) is 24.1 Å². The SMILES string of the molecule is CCc1cccc(OCC(O)Cn2c(N3CCN(CCO)CC3)nc3c2c(=O)[nH]c(=O)n3C)c1. The molecule has 1 aromatic carbocycles. The molecule has 11 heteroatoms. The molecule has 3 heterocycles. The first-order chi connectivity index (χ1) is 16.4. The first kappa shape index (κ1) is 24.0. The molecule has 1 fully saturated rings. The summed E-state index contributed by atoms with van der Waals surface area (Å²) in [7, 11) is 1.56. The summed E-state index contributed by atoms with van der Waals surface area (Å²) in [6.07, 6.45) is -0.0225. The van der Waals surface area contributed by atoms with E-state index >= 15 is 0 Å². The summed E-state index contributed by atoms with van der Waals surface area (Å²) in [6, 6.07) is 7.72. The van der Waals surface area contributed by atoms with E-state index in [-0.39, 0.29) is 30.9 Å². The Kier molecular flexibility index (Phi) is 7.35. The summed E-state index contributed by atoms with van der Waals surface area (Å²) in [6.45, 7) is 5.65. The lowest BCUT2D eigenvalue weighted by Gasteiger charge is -2.35. The molecule has 1 aliphatic rings. The highest BCUT2D eigenvalue weighted by Gasteiger charge is 2.26. The monoisotopic (exact) mass is 472 g/mol. The number of piperazine rings is 1. The molecular formula is C23H32N6O5. The third-order valence-corrected chi connectivity index (χ3v) is 6.20. The molecule has 0 spiro atoms. The second kappa shape index (κ2) is 10.4. The first-order valence-electron chi connectivity index (χ1n) is 11.6. The van der Waals surface area contributed by atoms with Crippen molar-refractivity contribution >= 4 is 17.1 Å². The average molecular weight is 473 g/mol. The molecule has 1 unspecified atom stereocenters. The van der Waals surface area contributed by atoms with Gasteiger partial charge in [-0.25, -0.2) is 4.79 Å². The lowest BCUT2D eigenvalue weighted by Crippen LogP contribution is -2.48. The highest BCUT2D eigenvalue weighted by molar-refractivity contribution is 5.74. The number of hydrogen-bond donors (Lipinski definition) is 3. The number of nitrogens with zero attached hydrogens (tertiary/aromatic N) is 5. The van der Waals surface area contributed by atoms with Gasteiger partial charge in [0, 0.05) is 39.8 Å². The Labute approximate surface area is 196 Å². The first-order valence-corrected chi connectivity index (χ1v) is 11.6. The number of aromatic nitrogens is 4. The van der Waals surface area contributed by atoms with Gasteiger partial charge in [0.2, 0.25) is 5.95 Å². The standard InChI is InChI=1S/C23H32N6O5/c1-3-16-5-4-6-18(13-16)34-15-17(31)14-29-19-20(26(2)23(33)25-21(19)32)24-22(29)28-9-7-27(8-10-28)11-12-30/h4-6,13,17,30-31H,3,7-12,14-15H2,1-2H3,(H,25,32,33). The van der Waals surface area contributed by atoms with Crippen molar-refractivity contribution in [1.29, 1.82) is 0 Å². The number of aryl methyl sites for hydroxylation is 2. The van der Waals surface area contributed by atoms with Crippen molar-refractivity contribution in [3.05, 3.63) is 50.7 Å². The Morgan fingerprint density at radius 2 is 1.97 bits per heavy atom. The van der Waals surface area contributed by atoms with Crippen LogP contribution in [0.15, 0.2) is 33.9 Å². The van der Waals surface area contributed by atoms with Crippen LogP contribution in [0.25, 0.3) is 11.2 Å². The van der Waals surface area contributed by atoms with Crippen LogP contribution in [0.2, 0.25) is 0 Å². The van der Waals surface area contributed by atoms with Gasteiger partial charge in [-0.2, -0.15) is 4.98 Å². The van der Waals surface area contributed by atoms with Crippen LogP contribution >= 0.6 is 0 Å². The van der Waals surface area contributed by atoms with Gasteiger partial charge in [0.25, 0.3) is 5.56 Å². The number of anilines is 1. The van der Waals surface area contributed by atoms with E-state index in [1.165, 1.54) is 4.57 Å². The number of imidazole rings is 1. The number of benzene rings is 1. The van der Waals surface area contributed by atoms with E-state index in [0.717, 1.165) is 25.1 Å². The highest BCUT2D eigenvalue weighted by Crippen LogP contribution is 2.22. The normalized spacial score (nSPS) is 15.7. The van der Waals surface area contributed by atoms with Crippen LogP contribution in [0.1, 0.15) is 12.5 Å². The fourth-order valence-electron chi connectivity index (χ4n) is 4.26. The molecule has 0 saturated carbocycles. The van der Waals surface area contributed by atoms with Crippen LogP contribution in [0, 0.1) is 0 Å². The summed E-state index contributed by atoms with van der Waals surface area (Å²) in [5.41, 5.74) is 0.565. The third-order valence-electron chi connectivity index (χ3n) is 6.20. The van der Waals surface area contributed by atoms with Gasteiger partial charge in [-0.1, -0.05) is 19.1 Å². The number of aliphatic hydroxyl groups is 2. The number of rotatable bonds is 9. The lowest BCUT2D eigenvalue weighted by atomic mass is 10.2. The fourth-order valence-corrected chi connectivity index (χ4v) is 4.26. The van der Waals surface area contributed by atoms with Crippen LogP contribution in [0.4, 0.5) is 5.95 Å². The van der Waals surface area contributed by atoms with Crippen molar-refractivity contribution in [1.82, 2.24) is 24.0 Å². The summed E-state index contributed by atoms with van der Waals surface area (Å²) in [5.74, 6) is 1.20. The molecule has 3 N–H and O–H groups in total. The summed E-state index contributed by atoms with van der Waals surface area (Å²) in [5, 5.41) is 20.0. The van der Waals surface area contributed by atoms with Crippen LogP contribution in [-0.2, 0) is 20.0 Å². The van der Waals surface area contributed by atoms with E-state index in [9.17, 15) is 19.8 Å². The second-order valence-electron chi connectivity index (χ2n) is 8.53. The molecular weight excluding hydrogens is 440 g/mol. The van der Waals surface area contributed by atoms with Gasteiger partial charge in [0.15, 0.2) is 11.2 Å². The van der Waals surface area contributed by atoms with Crippen molar-refractivity contribution in [3.63, 3.8) is 0 Å². The lowest BCUT2D eigenvalue weighted by molar-refractivity contribution is 0.0934. The highest BCUT2D eigenvalue weighted by atomic mass is 16.5. The maximum atomic E-state index is 12.7. The van der Waals surface area contributed by atoms with Crippen LogP contribution in [0.3, 0.4) is 0 Å². The Morgan fingerprint density at radius 1 is 1.21 bits per heavy atom. The molecule has 0 amide bonds. The van der Waals surface area contributed by atoms with Gasteiger partial charge < -0.3 is 24.4 Å². The van der Waals surface area contributed by atoms with Gasteiger partial charge in [-0.3, -0.25) is 19.2 Å². The van der Waals surface area contributed by atoms with E-state index in [0.29, 0.717) is 31.3 Å². The zero-order valence-corrected chi connectivity index (χ0v) is 19.6. The number of ether oxygens (including phenoxy) is 1. The number of β-amino-alcohol motifs (C(OH)–C–C–N with tert-alkyl or cyclic N) is 1. The Bertz CT molecular complexity index is 1240. The largest absolute Gasteiger partial charge is 0.491 e. The van der Waals surface area contributed by atoms with Crippen molar-refractivity contribution in [2.24, 2.45) is 7.05 Å². The molecule has 11 nitrogen and oxygen atoms in total. The maximum absolute atomic E-state index is 12.7. The minimum absolute atomic E-state index is 0.0419. The molecule has 0 aliphatic carbocycles. The maximum Gasteiger partial charge on any atom is 0.329 e. The van der Waals surface area contributed by atoms with E-state index in [1.54, 1.807) is 11.6 Å². The van der Waals surface area contributed by atoms with Gasteiger partial charge >= 0.3 is 5.69 Å². The van der Waals surface area contributed by atoms with Crippen molar-refractivity contribution in [3.8, 4) is 5.75 Å². The average Bonchev–Trinajstić information content (AvgIpc) is 3.22. The molecule has 1 saturated heterocycles. The minimum atomic E-state index is -0.909. The predicted octanol–water partition coefficient (Wildman–Crippen LogP) is -0.460. The van der Waals surface area contributed by atoms with E-state index in [1.807, 2.05) is 29.2 Å². The number of nitrogens with one attached hydrogen (secondary N) is 1. The summed E-state index contributed by atoms with van der Waals surface area (Å²) >= 11 is 0. The Balaban J connectivity index is 1.60. The van der Waals surface area contributed by atoms with Gasteiger partial charge in [0.05, 0.1) is 13.2 Å². The van der Waals surface area contributed by atoms with Gasteiger partial charge in [-0.15, -0.1) is 0 Å². The van der Waals surface area contributed by atoms with E-state index < -0.39 is 17.4 Å². The molecule has 0 bridgehead atoms. The number of H-pyrrole nitrogens is 1. The van der Waals surface area contributed by atoms with Gasteiger partial charge in [0.1, 0.15) is 18.5 Å². The van der Waals surface area contributed by atoms with E-state index in [4.69, 9.17) is 4.74 Å². The quantitative estimate of drug-likeness (QED) is 0.382. The number of hydrogen-bond acceptors (Lipinski definition) is 8. The molecule has 1 aliphatic heterocycles.